The maximum absolute atomic E-state index is 10.7. The highest BCUT2D eigenvalue weighted by molar-refractivity contribution is 7.12. The Morgan fingerprint density at radius 3 is 1.61 bits per heavy atom. The first-order valence-electron chi connectivity index (χ1n) is 20.2. The zero-order valence-corrected chi connectivity index (χ0v) is 34.5. The van der Waals surface area contributed by atoms with E-state index in [1.807, 2.05) is 54.2 Å². The number of alkyl halides is 1. The minimum atomic E-state index is -0.379. The molecule has 0 aliphatic heterocycles. The summed E-state index contributed by atoms with van der Waals surface area (Å²) in [6.45, 7) is 4.97. The number of thiophene rings is 1. The van der Waals surface area contributed by atoms with Crippen molar-refractivity contribution in [2.24, 2.45) is 10.7 Å². The number of aliphatic imine (C=N–C) groups is 1. The van der Waals surface area contributed by atoms with E-state index in [2.05, 4.69) is 53.7 Å². The number of rotatable bonds is 17. The van der Waals surface area contributed by atoms with Crippen LogP contribution in [0.4, 0.5) is 17.1 Å². The van der Waals surface area contributed by atoms with E-state index in [-0.39, 0.29) is 21.2 Å². The number of hydrogen-bond acceptors (Lipinski definition) is 8. The van der Waals surface area contributed by atoms with Gasteiger partial charge < -0.3 is 30.1 Å². The molecule has 2 aliphatic carbocycles. The van der Waals surface area contributed by atoms with Crippen LogP contribution < -0.4 is 16.4 Å². The fourth-order valence-electron chi connectivity index (χ4n) is 6.98. The Labute approximate surface area is 351 Å². The number of nitrogens with zero attached hydrogens (tertiary/aromatic N) is 6. The van der Waals surface area contributed by atoms with Crippen LogP contribution in [0, 0.1) is 20.2 Å². The lowest BCUT2D eigenvalue weighted by Gasteiger charge is -2.06. The highest BCUT2D eigenvalue weighted by Gasteiger charge is 2.20. The Balaban J connectivity index is 0.000000137. The second-order valence-corrected chi connectivity index (χ2v) is 16.3. The van der Waals surface area contributed by atoms with Crippen LogP contribution in [0.1, 0.15) is 49.8 Å². The van der Waals surface area contributed by atoms with Crippen LogP contribution in [-0.4, -0.2) is 60.4 Å². The zero-order chi connectivity index (χ0) is 41.1. The fraction of sp³-hybridized carbons (Fsp3) is 0.341. The molecule has 7 aromatic rings. The third-order valence-electron chi connectivity index (χ3n) is 10.4. The molecule has 4 heterocycles. The van der Waals surface area contributed by atoms with Gasteiger partial charge >= 0.3 is 0 Å². The van der Waals surface area contributed by atoms with Gasteiger partial charge in [0.1, 0.15) is 5.84 Å². The molecule has 59 heavy (non-hydrogen) atoms. The molecular formula is C44H50ClN9O4S. The van der Waals surface area contributed by atoms with E-state index in [0.29, 0.717) is 11.7 Å². The maximum atomic E-state index is 10.7. The van der Waals surface area contributed by atoms with Crippen molar-refractivity contribution in [1.82, 2.24) is 24.3 Å². The molecule has 0 saturated heterocycles. The van der Waals surface area contributed by atoms with E-state index < -0.39 is 0 Å². The zero-order valence-electron chi connectivity index (χ0n) is 32.9. The van der Waals surface area contributed by atoms with E-state index in [4.69, 9.17) is 17.3 Å². The molecule has 4 aromatic heterocycles. The molecule has 0 spiro atoms. The molecule has 0 atom stereocenters. The molecule has 13 nitrogen and oxygen atoms in total. The summed E-state index contributed by atoms with van der Waals surface area (Å²) in [6.07, 6.45) is 14.6. The van der Waals surface area contributed by atoms with Crippen molar-refractivity contribution >= 4 is 78.5 Å². The molecule has 2 aliphatic rings. The van der Waals surface area contributed by atoms with Gasteiger partial charge in [-0.25, -0.2) is 4.99 Å². The van der Waals surface area contributed by atoms with Gasteiger partial charge in [-0.2, -0.15) is 0 Å². The second-order valence-electron chi connectivity index (χ2n) is 15.0. The molecule has 2 saturated carbocycles. The summed E-state index contributed by atoms with van der Waals surface area (Å²) < 4.78 is 6.54. The quantitative estimate of drug-likeness (QED) is 0.0205. The van der Waals surface area contributed by atoms with Crippen molar-refractivity contribution in [2.75, 3.05) is 19.0 Å². The van der Waals surface area contributed by atoms with Crippen LogP contribution in [0.5, 0.6) is 0 Å². The summed E-state index contributed by atoms with van der Waals surface area (Å²) in [4.78, 5) is 26.2. The molecule has 9 rings (SSSR count). The maximum Gasteiger partial charge on any atom is 0.270 e. The summed E-state index contributed by atoms with van der Waals surface area (Å²) in [5.74, 6) is 1.20. The van der Waals surface area contributed by atoms with Gasteiger partial charge in [0.05, 0.1) is 20.4 Å². The number of fused-ring (bicyclic) bond motifs is 3. The monoisotopic (exact) mass is 835 g/mol. The van der Waals surface area contributed by atoms with Crippen LogP contribution >= 0.6 is 22.9 Å². The van der Waals surface area contributed by atoms with Gasteiger partial charge in [0.2, 0.25) is 0 Å². The third-order valence-corrected chi connectivity index (χ3v) is 11.6. The Morgan fingerprint density at radius 1 is 0.695 bits per heavy atom. The predicted molar refractivity (Wildman–Crippen MR) is 240 cm³/mol. The molecule has 3 aromatic carbocycles. The highest BCUT2D eigenvalue weighted by Crippen LogP contribution is 2.26. The first kappa shape index (κ1) is 41.6. The smallest absolute Gasteiger partial charge is 0.270 e. The van der Waals surface area contributed by atoms with Gasteiger partial charge in [-0.05, 0) is 118 Å². The summed E-state index contributed by atoms with van der Waals surface area (Å²) >= 11 is 7.24. The van der Waals surface area contributed by atoms with Crippen molar-refractivity contribution in [1.29, 1.82) is 0 Å². The average molecular weight is 836 g/mol. The Morgan fingerprint density at radius 2 is 1.17 bits per heavy atom. The van der Waals surface area contributed by atoms with Gasteiger partial charge in [-0.3, -0.25) is 20.2 Å². The molecule has 15 heteroatoms. The van der Waals surface area contributed by atoms with Gasteiger partial charge in [-0.15, -0.1) is 22.9 Å². The Kier molecular flexibility index (Phi) is 14.1. The number of nitro groups is 2. The Bertz CT molecular complexity index is 2520. The number of non-ortho nitro benzene ring substituents is 2. The summed E-state index contributed by atoms with van der Waals surface area (Å²) in [5, 5.41) is 33.4. The topological polar surface area (TPSA) is 164 Å². The normalized spacial score (nSPS) is 13.9. The number of halogens is 1. The molecule has 308 valence electrons. The number of aromatic nitrogens is 3. The third kappa shape index (κ3) is 11.6. The van der Waals surface area contributed by atoms with Gasteiger partial charge in [0.25, 0.3) is 11.4 Å². The summed E-state index contributed by atoms with van der Waals surface area (Å²) in [5.41, 5.74) is 10.6. The lowest BCUT2D eigenvalue weighted by atomic mass is 10.2. The molecule has 2 fully saturated rings. The molecule has 0 bridgehead atoms. The van der Waals surface area contributed by atoms with Crippen LogP contribution in [0.15, 0.2) is 114 Å². The van der Waals surface area contributed by atoms with Crippen LogP contribution in [0.2, 0.25) is 0 Å². The SMILES string of the molecule is NC(=Nc1ccc2c(ccn2CCCNC2CC2)c1)c1cccs1.O=[N+]([O-])c1ccc2c(ccn2CCCCl)c1.O=[N+]([O-])c1ccc2c(ccn2CCCNC2CC2)c1. The van der Waals surface area contributed by atoms with Crippen LogP contribution in [-0.2, 0) is 19.6 Å². The standard InChI is InChI=1S/C19H22N4S.C14H17N3O2.C11H11ClN2O2/c20-19(18-3-1-12-24-18)22-16-6-7-17-14(13-16)8-11-23(17)10-2-9-21-15-4-5-15;18-17(19)13-4-5-14-11(10-13)6-9-16(14)8-1-7-15-12-2-3-12;12-5-1-6-13-7-4-9-8-10(14(15)16)2-3-11(9)13/h1,3,6-8,11-13,15,21H,2,4-5,9-10H2,(H2,20,22);4-6,9-10,12,15H,1-3,7-8H2;2-4,7-8H,1,5-6H2. The van der Waals surface area contributed by atoms with E-state index in [0.717, 1.165) is 96.4 Å². The Hall–Kier alpha value is -5.54. The minimum absolute atomic E-state index is 0.127. The first-order chi connectivity index (χ1) is 28.7. The van der Waals surface area contributed by atoms with Crippen molar-refractivity contribution in [3.05, 3.63) is 134 Å². The second kappa shape index (κ2) is 19.9. The molecule has 0 unspecified atom stereocenters. The van der Waals surface area contributed by atoms with Crippen molar-refractivity contribution in [2.45, 2.75) is 76.7 Å². The molecule has 4 N–H and O–H groups in total. The first-order valence-corrected chi connectivity index (χ1v) is 21.6. The average Bonchev–Trinajstić information content (AvgIpc) is 4.01. The number of hydrogen-bond donors (Lipinski definition) is 3. The number of benzene rings is 3. The van der Waals surface area contributed by atoms with Gasteiger partial charge in [0.15, 0.2) is 0 Å². The van der Waals surface area contributed by atoms with Crippen LogP contribution in [0.3, 0.4) is 0 Å². The highest BCUT2D eigenvalue weighted by atomic mass is 35.5. The lowest BCUT2D eigenvalue weighted by molar-refractivity contribution is -0.384. The minimum Gasteiger partial charge on any atom is -0.383 e. The van der Waals surface area contributed by atoms with E-state index >= 15 is 0 Å². The van der Waals surface area contributed by atoms with Gasteiger partial charge in [0, 0.05) is 113 Å². The molecule has 0 amide bonds. The lowest BCUT2D eigenvalue weighted by Crippen LogP contribution is -2.18. The van der Waals surface area contributed by atoms with Gasteiger partial charge in [-0.1, -0.05) is 6.07 Å². The molecular weight excluding hydrogens is 786 g/mol. The van der Waals surface area contributed by atoms with Crippen molar-refractivity contribution in [3.63, 3.8) is 0 Å². The van der Waals surface area contributed by atoms with Crippen molar-refractivity contribution < 1.29 is 9.85 Å². The van der Waals surface area contributed by atoms with Crippen LogP contribution in [0.25, 0.3) is 32.7 Å². The summed E-state index contributed by atoms with van der Waals surface area (Å²) in [7, 11) is 0. The predicted octanol–water partition coefficient (Wildman–Crippen LogP) is 9.75. The fourth-order valence-corrected chi connectivity index (χ4v) is 7.73. The van der Waals surface area contributed by atoms with E-state index in [1.54, 1.807) is 35.6 Å². The largest absolute Gasteiger partial charge is 0.383 e. The number of nitrogens with two attached hydrogens (primary N) is 1. The number of amidine groups is 1. The van der Waals surface area contributed by atoms with E-state index in [1.165, 1.54) is 42.7 Å². The number of nitro benzene ring substituents is 2. The van der Waals surface area contributed by atoms with Crippen molar-refractivity contribution in [3.8, 4) is 0 Å². The number of aryl methyl sites for hydroxylation is 3. The number of nitrogens with one attached hydrogen (secondary N) is 2. The summed E-state index contributed by atoms with van der Waals surface area (Å²) in [6, 6.07) is 27.7. The van der Waals surface area contributed by atoms with E-state index in [9.17, 15) is 20.2 Å². The molecule has 0 radical (unpaired) electrons.